The third-order valence-corrected chi connectivity index (χ3v) is 5.73. The second-order valence-corrected chi connectivity index (χ2v) is 9.83. The van der Waals surface area contributed by atoms with Crippen LogP contribution in [0.4, 0.5) is 4.79 Å². The quantitative estimate of drug-likeness (QED) is 0.591. The zero-order valence-electron chi connectivity index (χ0n) is 19.9. The average Bonchev–Trinajstić information content (AvgIpc) is 3.04. The Hall–Kier alpha value is -2.33. The first-order valence-electron chi connectivity index (χ1n) is 11.6. The van der Waals surface area contributed by atoms with Crippen LogP contribution in [0, 0.1) is 13.8 Å². The van der Waals surface area contributed by atoms with Crippen LogP contribution < -0.4 is 5.32 Å². The van der Waals surface area contributed by atoms with Crippen LogP contribution in [0.25, 0.3) is 0 Å². The molecule has 1 amide bonds. The van der Waals surface area contributed by atoms with Crippen molar-refractivity contribution in [2.24, 2.45) is 0 Å². The largest absolute Gasteiger partial charge is 0.444 e. The molecule has 2 aliphatic heterocycles. The van der Waals surface area contributed by atoms with Crippen molar-refractivity contribution in [3.8, 4) is 0 Å². The molecule has 0 bridgehead atoms. The maximum absolute atomic E-state index is 12.1. The lowest BCUT2D eigenvalue weighted by molar-refractivity contribution is 0.0237. The molecule has 1 N–H and O–H groups in total. The minimum Gasteiger partial charge on any atom is -0.444 e. The summed E-state index contributed by atoms with van der Waals surface area (Å²) in [6.45, 7) is 13.6. The van der Waals surface area contributed by atoms with E-state index in [4.69, 9.17) is 4.74 Å². The van der Waals surface area contributed by atoms with Crippen LogP contribution in [0.3, 0.4) is 0 Å². The first-order valence-corrected chi connectivity index (χ1v) is 11.6. The third-order valence-electron chi connectivity index (χ3n) is 5.73. The van der Waals surface area contributed by atoms with Crippen molar-refractivity contribution in [1.82, 2.24) is 10.2 Å². The standard InChI is InChI=1S/C16H23NO2.C11H15N/c1-12-7-8-14-11-17(9-5-6-13(14)10-12)15(18)19-16(2,3)4;1-9-4-5-11-8-12-6-2-3-10(11)7-9/h7-8,10H,5-6,9,11H2,1-4H3;4-5,7,12H,2-3,6,8H2,1H3. The van der Waals surface area contributed by atoms with E-state index in [1.165, 1.54) is 40.7 Å². The van der Waals surface area contributed by atoms with Gasteiger partial charge in [-0.25, -0.2) is 4.79 Å². The van der Waals surface area contributed by atoms with E-state index in [1.807, 2.05) is 25.7 Å². The lowest BCUT2D eigenvalue weighted by Gasteiger charge is -2.26. The molecule has 2 aromatic rings. The number of hydrogen-bond donors (Lipinski definition) is 1. The van der Waals surface area contributed by atoms with E-state index in [1.54, 1.807) is 5.56 Å². The highest BCUT2D eigenvalue weighted by Crippen LogP contribution is 2.22. The number of carbonyl (C=O) groups excluding carboxylic acids is 1. The molecule has 4 nitrogen and oxygen atoms in total. The highest BCUT2D eigenvalue weighted by molar-refractivity contribution is 5.68. The Morgan fingerprint density at radius 3 is 2.19 bits per heavy atom. The van der Waals surface area contributed by atoms with Crippen LogP contribution in [0.1, 0.15) is 67.0 Å². The van der Waals surface area contributed by atoms with Gasteiger partial charge < -0.3 is 15.0 Å². The maximum Gasteiger partial charge on any atom is 0.410 e. The van der Waals surface area contributed by atoms with Gasteiger partial charge in [0.15, 0.2) is 0 Å². The molecule has 0 aliphatic carbocycles. The molecule has 2 aromatic carbocycles. The van der Waals surface area contributed by atoms with Gasteiger partial charge in [0.2, 0.25) is 0 Å². The number of aryl methyl sites for hydroxylation is 4. The summed E-state index contributed by atoms with van der Waals surface area (Å²) in [5, 5.41) is 3.42. The molecule has 0 aromatic heterocycles. The molecule has 0 radical (unpaired) electrons. The molecule has 31 heavy (non-hydrogen) atoms. The molecular weight excluding hydrogens is 384 g/mol. The zero-order valence-corrected chi connectivity index (χ0v) is 19.9. The van der Waals surface area contributed by atoms with Crippen molar-refractivity contribution in [2.45, 2.75) is 79.0 Å². The molecule has 0 atom stereocenters. The van der Waals surface area contributed by atoms with Gasteiger partial charge in [0, 0.05) is 19.6 Å². The summed E-state index contributed by atoms with van der Waals surface area (Å²) in [6, 6.07) is 13.2. The number of amides is 1. The van der Waals surface area contributed by atoms with Gasteiger partial charge in [0.25, 0.3) is 0 Å². The number of carbonyl (C=O) groups is 1. The Bertz CT molecular complexity index is 899. The van der Waals surface area contributed by atoms with Crippen molar-refractivity contribution >= 4 is 6.09 Å². The normalized spacial score (nSPS) is 16.1. The van der Waals surface area contributed by atoms with E-state index in [0.29, 0.717) is 6.54 Å². The van der Waals surface area contributed by atoms with E-state index in [9.17, 15) is 4.79 Å². The van der Waals surface area contributed by atoms with Gasteiger partial charge in [-0.3, -0.25) is 0 Å². The van der Waals surface area contributed by atoms with Crippen molar-refractivity contribution in [3.63, 3.8) is 0 Å². The van der Waals surface area contributed by atoms with Crippen LogP contribution >= 0.6 is 0 Å². The summed E-state index contributed by atoms with van der Waals surface area (Å²) in [4.78, 5) is 14.0. The molecular formula is C27H38N2O2. The predicted octanol–water partition coefficient (Wildman–Crippen LogP) is 5.71. The maximum atomic E-state index is 12.1. The summed E-state index contributed by atoms with van der Waals surface area (Å²) >= 11 is 0. The first kappa shape index (κ1) is 23.3. The van der Waals surface area contributed by atoms with Crippen LogP contribution in [0.2, 0.25) is 0 Å². The van der Waals surface area contributed by atoms with Gasteiger partial charge in [-0.15, -0.1) is 0 Å². The second kappa shape index (κ2) is 10.3. The first-order chi connectivity index (χ1) is 14.7. The minimum absolute atomic E-state index is 0.207. The van der Waals surface area contributed by atoms with Crippen LogP contribution in [0.5, 0.6) is 0 Å². The number of rotatable bonds is 0. The summed E-state index contributed by atoms with van der Waals surface area (Å²) in [5.74, 6) is 0. The highest BCUT2D eigenvalue weighted by Gasteiger charge is 2.24. The Morgan fingerprint density at radius 1 is 0.903 bits per heavy atom. The number of fused-ring (bicyclic) bond motifs is 2. The topological polar surface area (TPSA) is 41.6 Å². The summed E-state index contributed by atoms with van der Waals surface area (Å²) in [5.41, 5.74) is 7.87. The molecule has 0 saturated heterocycles. The van der Waals surface area contributed by atoms with E-state index in [2.05, 4.69) is 55.6 Å². The number of benzene rings is 2. The van der Waals surface area contributed by atoms with E-state index < -0.39 is 5.60 Å². The SMILES string of the molecule is Cc1ccc2c(c1)CCCN(C(=O)OC(C)(C)C)C2.Cc1ccc2c(c1)CCCNC2. The molecule has 168 valence electrons. The third kappa shape index (κ3) is 7.10. The van der Waals surface area contributed by atoms with Crippen LogP contribution in [-0.4, -0.2) is 29.7 Å². The fourth-order valence-corrected chi connectivity index (χ4v) is 4.16. The fourth-order valence-electron chi connectivity index (χ4n) is 4.16. The molecule has 2 aliphatic rings. The molecule has 4 heteroatoms. The van der Waals surface area contributed by atoms with Crippen LogP contribution in [0.15, 0.2) is 36.4 Å². The molecule has 4 rings (SSSR count). The summed E-state index contributed by atoms with van der Waals surface area (Å²) in [6.07, 6.45) is 4.34. The summed E-state index contributed by atoms with van der Waals surface area (Å²) in [7, 11) is 0. The van der Waals surface area contributed by atoms with Crippen molar-refractivity contribution in [1.29, 1.82) is 0 Å². The Balaban J connectivity index is 0.000000194. The Kier molecular flexibility index (Phi) is 7.77. The molecule has 0 unspecified atom stereocenters. The van der Waals surface area contributed by atoms with Crippen molar-refractivity contribution < 1.29 is 9.53 Å². The second-order valence-electron chi connectivity index (χ2n) is 9.83. The minimum atomic E-state index is -0.431. The van der Waals surface area contributed by atoms with Gasteiger partial charge >= 0.3 is 6.09 Å². The van der Waals surface area contributed by atoms with Crippen molar-refractivity contribution in [3.05, 3.63) is 69.8 Å². The zero-order chi connectivity index (χ0) is 22.4. The van der Waals surface area contributed by atoms with Crippen LogP contribution in [-0.2, 0) is 30.7 Å². The molecule has 0 saturated carbocycles. The van der Waals surface area contributed by atoms with Gasteiger partial charge in [-0.2, -0.15) is 0 Å². The Labute approximate surface area is 188 Å². The predicted molar refractivity (Wildman–Crippen MR) is 127 cm³/mol. The van der Waals surface area contributed by atoms with E-state index in [0.717, 1.165) is 32.5 Å². The monoisotopic (exact) mass is 422 g/mol. The molecule has 0 spiro atoms. The number of nitrogens with zero attached hydrogens (tertiary/aromatic N) is 1. The lowest BCUT2D eigenvalue weighted by Crippen LogP contribution is -2.36. The number of nitrogens with one attached hydrogen (secondary N) is 1. The van der Waals surface area contributed by atoms with Gasteiger partial charge in [-0.1, -0.05) is 47.5 Å². The fraction of sp³-hybridized carbons (Fsp3) is 0.519. The highest BCUT2D eigenvalue weighted by atomic mass is 16.6. The molecule has 2 heterocycles. The van der Waals surface area contributed by atoms with Gasteiger partial charge in [0.05, 0.1) is 0 Å². The average molecular weight is 423 g/mol. The van der Waals surface area contributed by atoms with Gasteiger partial charge in [-0.05, 0) is 89.1 Å². The Morgan fingerprint density at radius 2 is 1.52 bits per heavy atom. The number of hydrogen-bond acceptors (Lipinski definition) is 3. The van der Waals surface area contributed by atoms with E-state index in [-0.39, 0.29) is 6.09 Å². The smallest absolute Gasteiger partial charge is 0.410 e. The van der Waals surface area contributed by atoms with E-state index >= 15 is 0 Å². The van der Waals surface area contributed by atoms with Crippen molar-refractivity contribution in [2.75, 3.05) is 13.1 Å². The summed E-state index contributed by atoms with van der Waals surface area (Å²) < 4.78 is 5.46. The van der Waals surface area contributed by atoms with Gasteiger partial charge in [0.1, 0.15) is 5.60 Å². The lowest BCUT2D eigenvalue weighted by atomic mass is 10.0. The molecule has 0 fully saturated rings. The number of ether oxygens (including phenoxy) is 1.